The molecule has 1 amide bonds. The Balaban J connectivity index is 2.02. The average Bonchev–Trinajstić information content (AvgIpc) is 3.12. The molecule has 3 rings (SSSR count). The first-order valence-electron chi connectivity index (χ1n) is 9.57. The number of amides is 1. The number of hydrogen-bond donors (Lipinski definition) is 2. The first-order chi connectivity index (χ1) is 13.9. The summed E-state index contributed by atoms with van der Waals surface area (Å²) in [5.41, 5.74) is 6.00. The van der Waals surface area contributed by atoms with E-state index in [0.717, 1.165) is 33.2 Å². The van der Waals surface area contributed by atoms with Gasteiger partial charge in [-0.05, 0) is 61.4 Å². The van der Waals surface area contributed by atoms with Crippen LogP contribution < -0.4 is 15.9 Å². The molecule has 0 spiro atoms. The minimum Gasteiger partial charge on any atom is -0.359 e. The van der Waals surface area contributed by atoms with Crippen LogP contribution in [0.2, 0.25) is 0 Å². The van der Waals surface area contributed by atoms with Crippen LogP contribution in [0, 0.1) is 6.92 Å². The van der Waals surface area contributed by atoms with Crippen LogP contribution in [0.25, 0.3) is 23.0 Å². The average molecular weight is 386 g/mol. The van der Waals surface area contributed by atoms with E-state index in [1.807, 2.05) is 36.4 Å². The molecule has 0 radical (unpaired) electrons. The van der Waals surface area contributed by atoms with Gasteiger partial charge in [0.2, 0.25) is 0 Å². The lowest BCUT2D eigenvalue weighted by molar-refractivity contribution is 0.0827. The lowest BCUT2D eigenvalue weighted by Crippen LogP contribution is -2.26. The fourth-order valence-electron chi connectivity index (χ4n) is 3.24. The van der Waals surface area contributed by atoms with E-state index in [1.165, 1.54) is 5.56 Å². The molecule has 0 unspecified atom stereocenters. The standard InChI is InChI=1S/C25H27N3O/c1-6-8-23-22(18(3)26-21-10-7-9-17(2)15-21)16-24(27-23)19-11-13-20(14-12-19)25(29)28(4)5/h6-16,26-27H,1H2,2-5H3/b22-18+,23-8+. The van der Waals surface area contributed by atoms with E-state index < -0.39 is 0 Å². The van der Waals surface area contributed by atoms with E-state index in [-0.39, 0.29) is 5.91 Å². The summed E-state index contributed by atoms with van der Waals surface area (Å²) in [5.74, 6) is -0.00376. The van der Waals surface area contributed by atoms with Gasteiger partial charge >= 0.3 is 0 Å². The second-order valence-corrected chi connectivity index (χ2v) is 7.31. The van der Waals surface area contributed by atoms with Gasteiger partial charge in [-0.25, -0.2) is 0 Å². The van der Waals surface area contributed by atoms with Crippen LogP contribution in [-0.4, -0.2) is 29.9 Å². The van der Waals surface area contributed by atoms with Crippen molar-refractivity contribution in [1.82, 2.24) is 9.88 Å². The molecule has 29 heavy (non-hydrogen) atoms. The van der Waals surface area contributed by atoms with Gasteiger partial charge in [-0.1, -0.05) is 36.9 Å². The van der Waals surface area contributed by atoms with E-state index in [2.05, 4.69) is 55.0 Å². The van der Waals surface area contributed by atoms with Crippen molar-refractivity contribution in [1.29, 1.82) is 0 Å². The summed E-state index contributed by atoms with van der Waals surface area (Å²) >= 11 is 0. The monoisotopic (exact) mass is 385 g/mol. The Kier molecular flexibility index (Phi) is 6.03. The van der Waals surface area contributed by atoms with Crippen molar-refractivity contribution in [2.75, 3.05) is 19.4 Å². The van der Waals surface area contributed by atoms with Crippen LogP contribution in [0.5, 0.6) is 0 Å². The number of aromatic amines is 1. The van der Waals surface area contributed by atoms with Crippen LogP contribution in [0.3, 0.4) is 0 Å². The van der Waals surface area contributed by atoms with E-state index >= 15 is 0 Å². The molecule has 1 heterocycles. The minimum absolute atomic E-state index is 0.00376. The molecule has 3 aromatic rings. The van der Waals surface area contributed by atoms with Crippen molar-refractivity contribution in [2.24, 2.45) is 0 Å². The molecule has 0 aliphatic rings. The Hall–Kier alpha value is -3.53. The lowest BCUT2D eigenvalue weighted by Gasteiger charge is -2.10. The number of nitrogens with zero attached hydrogens (tertiary/aromatic N) is 1. The number of rotatable bonds is 5. The molecule has 0 aliphatic heterocycles. The predicted molar refractivity (Wildman–Crippen MR) is 122 cm³/mol. The molecule has 4 heteroatoms. The number of hydrogen-bond acceptors (Lipinski definition) is 2. The van der Waals surface area contributed by atoms with Gasteiger partial charge in [-0.3, -0.25) is 4.79 Å². The number of allylic oxidation sites excluding steroid dienone is 1. The third-order valence-corrected chi connectivity index (χ3v) is 4.74. The van der Waals surface area contributed by atoms with Crippen LogP contribution in [0.1, 0.15) is 22.8 Å². The second-order valence-electron chi connectivity index (χ2n) is 7.31. The van der Waals surface area contributed by atoms with Crippen molar-refractivity contribution in [3.8, 4) is 11.3 Å². The zero-order valence-electron chi connectivity index (χ0n) is 17.4. The molecule has 4 nitrogen and oxygen atoms in total. The Bertz CT molecular complexity index is 1150. The van der Waals surface area contributed by atoms with Crippen molar-refractivity contribution in [3.05, 3.63) is 88.9 Å². The number of benzene rings is 2. The molecule has 2 aromatic carbocycles. The summed E-state index contributed by atoms with van der Waals surface area (Å²) in [6.07, 6.45) is 3.74. The maximum atomic E-state index is 12.1. The third kappa shape index (κ3) is 4.66. The molecule has 0 fully saturated rings. The van der Waals surface area contributed by atoms with Gasteiger partial charge in [0.05, 0.1) is 0 Å². The largest absolute Gasteiger partial charge is 0.359 e. The molecular formula is C25H27N3O. The van der Waals surface area contributed by atoms with Crippen molar-refractivity contribution in [2.45, 2.75) is 13.8 Å². The summed E-state index contributed by atoms with van der Waals surface area (Å²) in [4.78, 5) is 17.2. The molecule has 2 N–H and O–H groups in total. The lowest BCUT2D eigenvalue weighted by atomic mass is 10.1. The molecule has 148 valence electrons. The molecular weight excluding hydrogens is 358 g/mol. The first kappa shape index (κ1) is 20.2. The van der Waals surface area contributed by atoms with Gasteiger partial charge in [-0.2, -0.15) is 0 Å². The van der Waals surface area contributed by atoms with Gasteiger partial charge in [0.25, 0.3) is 5.91 Å². The summed E-state index contributed by atoms with van der Waals surface area (Å²) in [7, 11) is 3.51. The summed E-state index contributed by atoms with van der Waals surface area (Å²) in [5, 5.41) is 5.56. The smallest absolute Gasteiger partial charge is 0.253 e. The number of carbonyl (C=O) groups excluding carboxylic acids is 1. The number of carbonyl (C=O) groups is 1. The quantitative estimate of drug-likeness (QED) is 0.700. The molecule has 0 atom stereocenters. The summed E-state index contributed by atoms with van der Waals surface area (Å²) in [6, 6.07) is 18.1. The Morgan fingerprint density at radius 1 is 1.10 bits per heavy atom. The zero-order valence-corrected chi connectivity index (χ0v) is 17.4. The number of H-pyrrole nitrogens is 1. The first-order valence-corrected chi connectivity index (χ1v) is 9.57. The van der Waals surface area contributed by atoms with Gasteiger partial charge in [-0.15, -0.1) is 0 Å². The normalized spacial score (nSPS) is 12.5. The van der Waals surface area contributed by atoms with Gasteiger partial charge in [0, 0.05) is 47.3 Å². The van der Waals surface area contributed by atoms with Crippen LogP contribution >= 0.6 is 0 Å². The SMILES string of the molecule is C=C/C=c1/[nH]c(-c2ccc(C(=O)N(C)C)cc2)c/c1=C(/C)Nc1cccc(C)c1. The fourth-order valence-corrected chi connectivity index (χ4v) is 3.24. The highest BCUT2D eigenvalue weighted by atomic mass is 16.2. The van der Waals surface area contributed by atoms with Gasteiger partial charge in [0.1, 0.15) is 0 Å². The third-order valence-electron chi connectivity index (χ3n) is 4.74. The fraction of sp³-hybridized carbons (Fsp3) is 0.160. The van der Waals surface area contributed by atoms with Gasteiger partial charge < -0.3 is 15.2 Å². The van der Waals surface area contributed by atoms with Crippen LogP contribution in [0.4, 0.5) is 5.69 Å². The van der Waals surface area contributed by atoms with Crippen molar-refractivity contribution < 1.29 is 4.79 Å². The number of aromatic nitrogens is 1. The highest BCUT2D eigenvalue weighted by Crippen LogP contribution is 2.17. The van der Waals surface area contributed by atoms with Crippen molar-refractivity contribution in [3.63, 3.8) is 0 Å². The molecule has 0 bridgehead atoms. The van der Waals surface area contributed by atoms with Crippen LogP contribution in [-0.2, 0) is 0 Å². The number of nitrogens with one attached hydrogen (secondary N) is 2. The minimum atomic E-state index is -0.00376. The van der Waals surface area contributed by atoms with E-state index in [9.17, 15) is 4.79 Å². The second kappa shape index (κ2) is 8.65. The molecule has 0 saturated heterocycles. The predicted octanol–water partition coefficient (Wildman–Crippen LogP) is 3.90. The molecule has 1 aromatic heterocycles. The van der Waals surface area contributed by atoms with Crippen molar-refractivity contribution >= 4 is 23.4 Å². The molecule has 0 saturated carbocycles. The maximum absolute atomic E-state index is 12.1. The van der Waals surface area contributed by atoms with Crippen LogP contribution in [0.15, 0.2) is 67.3 Å². The Labute approximate surface area is 171 Å². The van der Waals surface area contributed by atoms with E-state index in [0.29, 0.717) is 5.56 Å². The topological polar surface area (TPSA) is 48.1 Å². The Morgan fingerprint density at radius 3 is 2.45 bits per heavy atom. The summed E-state index contributed by atoms with van der Waals surface area (Å²) in [6.45, 7) is 7.98. The Morgan fingerprint density at radius 2 is 1.83 bits per heavy atom. The molecule has 0 aliphatic carbocycles. The van der Waals surface area contributed by atoms with Gasteiger partial charge in [0.15, 0.2) is 0 Å². The number of aryl methyl sites for hydroxylation is 1. The summed E-state index contributed by atoms with van der Waals surface area (Å²) < 4.78 is 0. The zero-order chi connectivity index (χ0) is 21.0. The highest BCUT2D eigenvalue weighted by Gasteiger charge is 2.09. The highest BCUT2D eigenvalue weighted by molar-refractivity contribution is 5.94. The van der Waals surface area contributed by atoms with E-state index in [4.69, 9.17) is 0 Å². The number of anilines is 1. The van der Waals surface area contributed by atoms with E-state index in [1.54, 1.807) is 25.1 Å². The maximum Gasteiger partial charge on any atom is 0.253 e.